The van der Waals surface area contributed by atoms with Crippen LogP contribution in [0.15, 0.2) is 14.4 Å². The van der Waals surface area contributed by atoms with E-state index in [0.717, 1.165) is 39.4 Å². The van der Waals surface area contributed by atoms with Crippen LogP contribution in [0.2, 0.25) is 0 Å². The third-order valence-electron chi connectivity index (χ3n) is 10.8. The Kier molecular flexibility index (Phi) is 7.76. The molecule has 10 unspecified atom stereocenters. The normalized spacial score (nSPS) is 34.9. The molecule has 3 heterocycles. The van der Waals surface area contributed by atoms with Crippen molar-refractivity contribution in [2.24, 2.45) is 35.5 Å². The molecule has 4 saturated carbocycles. The summed E-state index contributed by atoms with van der Waals surface area (Å²) in [5.41, 5.74) is -2.73. The molecular formula is C30H39N3O11. The summed E-state index contributed by atoms with van der Waals surface area (Å²) in [6, 6.07) is 0. The van der Waals surface area contributed by atoms with Crippen LogP contribution in [0, 0.1) is 35.5 Å². The molecule has 4 bridgehead atoms. The highest BCUT2D eigenvalue weighted by Gasteiger charge is 2.64. The van der Waals surface area contributed by atoms with Crippen LogP contribution in [0.1, 0.15) is 57.8 Å². The molecule has 7 rings (SSSR count). The minimum atomic E-state index is -1.20. The Hall–Kier alpha value is -3.26. The Labute approximate surface area is 252 Å². The highest BCUT2D eigenvalue weighted by Crippen LogP contribution is 2.59. The smallest absolute Gasteiger partial charge is 0.336 e. The zero-order chi connectivity index (χ0) is 30.7. The number of aliphatic carboxylic acids is 1. The average molecular weight is 618 g/mol. The van der Waals surface area contributed by atoms with Crippen LogP contribution in [0.25, 0.3) is 0 Å². The van der Waals surface area contributed by atoms with Gasteiger partial charge in [0, 0.05) is 32.5 Å². The van der Waals surface area contributed by atoms with E-state index in [1.54, 1.807) is 0 Å². The lowest BCUT2D eigenvalue weighted by Crippen LogP contribution is -2.54. The van der Waals surface area contributed by atoms with Crippen LogP contribution in [-0.2, 0) is 53.0 Å². The van der Waals surface area contributed by atoms with Crippen molar-refractivity contribution in [1.29, 1.82) is 0 Å². The molecule has 0 aromatic carbocycles. The summed E-state index contributed by atoms with van der Waals surface area (Å²) in [5.74, 6) is 0.578. The molecule has 10 atom stereocenters. The van der Waals surface area contributed by atoms with E-state index in [9.17, 15) is 28.8 Å². The first-order chi connectivity index (χ1) is 21.2. The Balaban J connectivity index is 0.925. The predicted molar refractivity (Wildman–Crippen MR) is 149 cm³/mol. The molecule has 240 valence electrons. The lowest BCUT2D eigenvalue weighted by atomic mass is 9.89. The second-order valence-corrected chi connectivity index (χ2v) is 13.5. The molecular weight excluding hydrogens is 578 g/mol. The quantitative estimate of drug-likeness (QED) is 0.209. The molecule has 14 heteroatoms. The highest BCUT2D eigenvalue weighted by molar-refractivity contribution is 5.69. The maximum absolute atomic E-state index is 13.2. The molecule has 0 radical (unpaired) electrons. The van der Waals surface area contributed by atoms with Gasteiger partial charge in [-0.2, -0.15) is 0 Å². The second-order valence-electron chi connectivity index (χ2n) is 13.5. The van der Waals surface area contributed by atoms with Gasteiger partial charge >= 0.3 is 35.0 Å². The Bertz CT molecular complexity index is 1410. The van der Waals surface area contributed by atoms with Crippen molar-refractivity contribution in [2.75, 3.05) is 13.2 Å². The van der Waals surface area contributed by atoms with Gasteiger partial charge in [0.25, 0.3) is 0 Å². The number of ether oxygens (including phenoxy) is 4. The molecule has 1 aromatic rings. The zero-order valence-electron chi connectivity index (χ0n) is 24.5. The van der Waals surface area contributed by atoms with E-state index < -0.39 is 47.9 Å². The number of carboxylic acids is 1. The van der Waals surface area contributed by atoms with Crippen LogP contribution in [0.5, 0.6) is 0 Å². The summed E-state index contributed by atoms with van der Waals surface area (Å²) in [5, 5.41) is 9.11. The van der Waals surface area contributed by atoms with Crippen molar-refractivity contribution in [2.45, 2.75) is 102 Å². The van der Waals surface area contributed by atoms with E-state index in [-0.39, 0.29) is 38.8 Å². The number of rotatable bonds is 15. The molecule has 4 aliphatic carbocycles. The van der Waals surface area contributed by atoms with Crippen LogP contribution >= 0.6 is 0 Å². The van der Waals surface area contributed by atoms with Gasteiger partial charge in [-0.3, -0.25) is 14.4 Å². The molecule has 44 heavy (non-hydrogen) atoms. The Morgan fingerprint density at radius 1 is 0.636 bits per heavy atom. The molecule has 0 amide bonds. The van der Waals surface area contributed by atoms with Gasteiger partial charge in [-0.25, -0.2) is 28.1 Å². The van der Waals surface area contributed by atoms with Gasteiger partial charge in [0.05, 0.1) is 44.1 Å². The van der Waals surface area contributed by atoms with E-state index in [0.29, 0.717) is 73.1 Å². The van der Waals surface area contributed by atoms with Gasteiger partial charge in [0.1, 0.15) is 0 Å². The summed E-state index contributed by atoms with van der Waals surface area (Å²) < 4.78 is 24.7. The van der Waals surface area contributed by atoms with Gasteiger partial charge in [0.2, 0.25) is 0 Å². The monoisotopic (exact) mass is 617 g/mol. The summed E-state index contributed by atoms with van der Waals surface area (Å²) >= 11 is 0. The Morgan fingerprint density at radius 3 is 1.45 bits per heavy atom. The lowest BCUT2D eigenvalue weighted by Gasteiger charge is -2.19. The predicted octanol–water partition coefficient (Wildman–Crippen LogP) is 0.140. The minimum Gasteiger partial charge on any atom is -0.481 e. The van der Waals surface area contributed by atoms with Crippen molar-refractivity contribution in [3.8, 4) is 0 Å². The average Bonchev–Trinajstić information content (AvgIpc) is 3.83. The first-order valence-electron chi connectivity index (χ1n) is 16.0. The molecule has 1 N–H and O–H groups in total. The number of carbonyl (C=O) groups excluding carboxylic acids is 2. The van der Waals surface area contributed by atoms with Gasteiger partial charge in [-0.1, -0.05) is 0 Å². The molecule has 2 aliphatic heterocycles. The maximum atomic E-state index is 13.2. The van der Waals surface area contributed by atoms with Crippen LogP contribution < -0.4 is 17.1 Å². The van der Waals surface area contributed by atoms with Crippen LogP contribution in [0.4, 0.5) is 0 Å². The largest absolute Gasteiger partial charge is 0.481 e. The Morgan fingerprint density at radius 2 is 1.07 bits per heavy atom. The van der Waals surface area contributed by atoms with Crippen molar-refractivity contribution in [3.05, 3.63) is 31.5 Å². The van der Waals surface area contributed by atoms with Gasteiger partial charge < -0.3 is 24.1 Å². The highest BCUT2D eigenvalue weighted by atomic mass is 16.6. The lowest BCUT2D eigenvalue weighted by molar-refractivity contribution is -0.146. The van der Waals surface area contributed by atoms with Crippen molar-refractivity contribution in [1.82, 2.24) is 13.7 Å². The van der Waals surface area contributed by atoms with Gasteiger partial charge in [-0.05, 0) is 74.0 Å². The summed E-state index contributed by atoms with van der Waals surface area (Å²) in [4.78, 5) is 75.3. The summed E-state index contributed by atoms with van der Waals surface area (Å²) in [7, 11) is 0. The third-order valence-corrected chi connectivity index (χ3v) is 10.8. The first kappa shape index (κ1) is 29.5. The SMILES string of the molecule is O=C(O)CCn1c(=O)n(CCCC(=O)OCC2CC3CC2C2OC32)c(=O)n(CCCC(=O)OCC2CC3CC2C2OC32)c1=O. The molecule has 14 nitrogen and oxygen atoms in total. The fourth-order valence-corrected chi connectivity index (χ4v) is 8.62. The number of nitrogens with zero attached hydrogens (tertiary/aromatic N) is 3. The molecule has 0 spiro atoms. The number of carboxylic acid groups (broad SMARTS) is 1. The van der Waals surface area contributed by atoms with Gasteiger partial charge in [0.15, 0.2) is 0 Å². The number of hydrogen-bond donors (Lipinski definition) is 1. The summed E-state index contributed by atoms with van der Waals surface area (Å²) in [6.07, 6.45) is 5.42. The van der Waals surface area contributed by atoms with E-state index in [4.69, 9.17) is 24.1 Å². The molecule has 6 aliphatic rings. The second kappa shape index (κ2) is 11.6. The molecule has 6 fully saturated rings. The fourth-order valence-electron chi connectivity index (χ4n) is 8.62. The number of carbonyl (C=O) groups is 3. The summed E-state index contributed by atoms with van der Waals surface area (Å²) in [6.45, 7) is -0.0500. The molecule has 1 aromatic heterocycles. The van der Waals surface area contributed by atoms with Crippen molar-refractivity contribution in [3.63, 3.8) is 0 Å². The number of hydrogen-bond acceptors (Lipinski definition) is 10. The van der Waals surface area contributed by atoms with E-state index in [1.165, 1.54) is 0 Å². The fraction of sp³-hybridized carbons (Fsp3) is 0.800. The van der Waals surface area contributed by atoms with Crippen molar-refractivity contribution < 1.29 is 38.4 Å². The zero-order valence-corrected chi connectivity index (χ0v) is 24.5. The number of esters is 2. The van der Waals surface area contributed by atoms with E-state index in [2.05, 4.69) is 0 Å². The topological polar surface area (TPSA) is 181 Å². The number of fused-ring (bicyclic) bond motifs is 10. The maximum Gasteiger partial charge on any atom is 0.336 e. The standard InChI is InChI=1S/C30H39N3O11/c34-21(35)5-8-33-29(39)31(6-1-3-22(36)41-13-17-9-15-11-19(17)26-24(15)43-26)28(38)32(30(33)40)7-2-4-23(37)42-14-18-10-16-12-20(18)27-25(16)44-27/h15-20,24-27H,1-14H2,(H,34,35). The van der Waals surface area contributed by atoms with Crippen molar-refractivity contribution >= 4 is 17.9 Å². The minimum absolute atomic E-state index is 0.0224. The van der Waals surface area contributed by atoms with Crippen LogP contribution in [-0.4, -0.2) is 74.3 Å². The first-order valence-corrected chi connectivity index (χ1v) is 16.0. The van der Waals surface area contributed by atoms with E-state index >= 15 is 0 Å². The number of aromatic nitrogens is 3. The van der Waals surface area contributed by atoms with E-state index in [1.807, 2.05) is 0 Å². The van der Waals surface area contributed by atoms with Gasteiger partial charge in [-0.15, -0.1) is 0 Å². The third kappa shape index (κ3) is 5.55. The van der Waals surface area contributed by atoms with Crippen LogP contribution in [0.3, 0.4) is 0 Å². The number of epoxide rings is 2. The molecule has 2 saturated heterocycles.